The Balaban J connectivity index is 2.48. The van der Waals surface area contributed by atoms with Crippen molar-refractivity contribution >= 4 is 10.9 Å². The van der Waals surface area contributed by atoms with Gasteiger partial charge in [-0.1, -0.05) is 0 Å². The van der Waals surface area contributed by atoms with E-state index in [1.165, 1.54) is 0 Å². The molecule has 0 saturated heterocycles. The fourth-order valence-corrected chi connectivity index (χ4v) is 1.42. The van der Waals surface area contributed by atoms with Crippen LogP contribution in [0.2, 0.25) is 0 Å². The second-order valence-corrected chi connectivity index (χ2v) is 3.55. The van der Waals surface area contributed by atoms with E-state index in [2.05, 4.69) is 4.98 Å². The van der Waals surface area contributed by atoms with Gasteiger partial charge in [0.15, 0.2) is 11.5 Å². The smallest absolute Gasteiger partial charge is 0.163 e. The number of hydrogen-bond donors (Lipinski definition) is 2. The first-order chi connectivity index (χ1) is 6.66. The number of nitrogens with one attached hydrogen (secondary N) is 1. The molecule has 2 N–H and O–H groups in total. The molecule has 0 unspecified atom stereocenters. The number of aromatic hydroxyl groups is 1. The van der Waals surface area contributed by atoms with Crippen molar-refractivity contribution in [2.24, 2.45) is 0 Å². The van der Waals surface area contributed by atoms with E-state index in [9.17, 15) is 5.11 Å². The Morgan fingerprint density at radius 2 is 2.14 bits per heavy atom. The number of phenolic OH excluding ortho intramolecular Hbond substituents is 1. The largest absolute Gasteiger partial charge is 0.504 e. The second kappa shape index (κ2) is 3.25. The third-order valence-electron chi connectivity index (χ3n) is 2.00. The Morgan fingerprint density at radius 1 is 1.36 bits per heavy atom. The van der Waals surface area contributed by atoms with E-state index in [1.807, 2.05) is 32.2 Å². The minimum absolute atomic E-state index is 0.0633. The number of benzene rings is 1. The van der Waals surface area contributed by atoms with Crippen molar-refractivity contribution in [2.45, 2.75) is 20.0 Å². The summed E-state index contributed by atoms with van der Waals surface area (Å²) in [5.41, 5.74) is 0.971. The SMILES string of the molecule is CC(C)Oc1cc2[nH]ccc2cc1O. The van der Waals surface area contributed by atoms with Crippen LogP contribution in [0.25, 0.3) is 10.9 Å². The number of hydrogen-bond acceptors (Lipinski definition) is 2. The van der Waals surface area contributed by atoms with Crippen LogP contribution in [-0.2, 0) is 0 Å². The monoisotopic (exact) mass is 191 g/mol. The molecule has 1 aromatic heterocycles. The van der Waals surface area contributed by atoms with E-state index >= 15 is 0 Å². The van der Waals surface area contributed by atoms with Crippen LogP contribution in [0.4, 0.5) is 0 Å². The minimum atomic E-state index is 0.0633. The maximum absolute atomic E-state index is 9.64. The average molecular weight is 191 g/mol. The summed E-state index contributed by atoms with van der Waals surface area (Å²) >= 11 is 0. The number of fused-ring (bicyclic) bond motifs is 1. The molecule has 1 aromatic carbocycles. The highest BCUT2D eigenvalue weighted by Gasteiger charge is 2.06. The van der Waals surface area contributed by atoms with E-state index in [4.69, 9.17) is 4.74 Å². The van der Waals surface area contributed by atoms with Crippen molar-refractivity contribution in [3.8, 4) is 11.5 Å². The summed E-state index contributed by atoms with van der Waals surface area (Å²) in [5.74, 6) is 0.709. The van der Waals surface area contributed by atoms with Gasteiger partial charge in [-0.3, -0.25) is 0 Å². The Bertz CT molecular complexity index is 445. The first-order valence-corrected chi connectivity index (χ1v) is 4.63. The van der Waals surface area contributed by atoms with Gasteiger partial charge in [0.05, 0.1) is 6.10 Å². The molecule has 74 valence electrons. The van der Waals surface area contributed by atoms with Gasteiger partial charge in [-0.05, 0) is 26.0 Å². The lowest BCUT2D eigenvalue weighted by atomic mass is 10.2. The zero-order chi connectivity index (χ0) is 10.1. The minimum Gasteiger partial charge on any atom is -0.504 e. The Kier molecular flexibility index (Phi) is 2.08. The fourth-order valence-electron chi connectivity index (χ4n) is 1.42. The lowest BCUT2D eigenvalue weighted by Crippen LogP contribution is -2.05. The summed E-state index contributed by atoms with van der Waals surface area (Å²) in [7, 11) is 0. The maximum atomic E-state index is 9.64. The van der Waals surface area contributed by atoms with Crippen LogP contribution in [-0.4, -0.2) is 16.2 Å². The van der Waals surface area contributed by atoms with Crippen molar-refractivity contribution in [1.29, 1.82) is 0 Å². The third kappa shape index (κ3) is 1.53. The molecule has 0 aliphatic carbocycles. The van der Waals surface area contributed by atoms with Gasteiger partial charge in [0, 0.05) is 23.2 Å². The molecule has 3 heteroatoms. The Labute approximate surface area is 82.3 Å². The number of H-pyrrole nitrogens is 1. The van der Waals surface area contributed by atoms with Gasteiger partial charge in [0.2, 0.25) is 0 Å². The molecule has 2 aromatic rings. The van der Waals surface area contributed by atoms with Crippen LogP contribution >= 0.6 is 0 Å². The number of rotatable bonds is 2. The van der Waals surface area contributed by atoms with Crippen LogP contribution in [0.15, 0.2) is 24.4 Å². The Morgan fingerprint density at radius 3 is 2.86 bits per heavy atom. The van der Waals surface area contributed by atoms with Gasteiger partial charge in [-0.2, -0.15) is 0 Å². The molecule has 0 fully saturated rings. The van der Waals surface area contributed by atoms with Gasteiger partial charge in [-0.15, -0.1) is 0 Å². The highest BCUT2D eigenvalue weighted by Crippen LogP contribution is 2.31. The van der Waals surface area contributed by atoms with E-state index in [0.29, 0.717) is 5.75 Å². The number of aromatic amines is 1. The zero-order valence-electron chi connectivity index (χ0n) is 8.24. The molecule has 1 heterocycles. The van der Waals surface area contributed by atoms with Crippen molar-refractivity contribution in [3.05, 3.63) is 24.4 Å². The summed E-state index contributed by atoms with van der Waals surface area (Å²) in [6.45, 7) is 3.86. The van der Waals surface area contributed by atoms with Crippen molar-refractivity contribution in [3.63, 3.8) is 0 Å². The molecule has 0 bridgehead atoms. The summed E-state index contributed by atoms with van der Waals surface area (Å²) in [5, 5.41) is 10.6. The van der Waals surface area contributed by atoms with Gasteiger partial charge in [0.25, 0.3) is 0 Å². The fraction of sp³-hybridized carbons (Fsp3) is 0.273. The van der Waals surface area contributed by atoms with Gasteiger partial charge in [-0.25, -0.2) is 0 Å². The van der Waals surface area contributed by atoms with E-state index in [-0.39, 0.29) is 11.9 Å². The summed E-state index contributed by atoms with van der Waals surface area (Å²) < 4.78 is 5.45. The Hall–Kier alpha value is -1.64. The predicted molar refractivity (Wildman–Crippen MR) is 55.7 cm³/mol. The standard InChI is InChI=1S/C11H13NO2/c1-7(2)14-11-6-9-8(3-4-12-9)5-10(11)13/h3-7,12-13H,1-2H3. The topological polar surface area (TPSA) is 45.2 Å². The molecule has 0 saturated carbocycles. The van der Waals surface area contributed by atoms with Gasteiger partial charge in [0.1, 0.15) is 0 Å². The first-order valence-electron chi connectivity index (χ1n) is 4.63. The predicted octanol–water partition coefficient (Wildman–Crippen LogP) is 2.66. The molecule has 0 atom stereocenters. The first kappa shape index (κ1) is 8.94. The molecule has 0 aliphatic heterocycles. The van der Waals surface area contributed by atoms with Crippen molar-refractivity contribution in [2.75, 3.05) is 0 Å². The normalized spacial score (nSPS) is 11.1. The molecule has 2 rings (SSSR count). The van der Waals surface area contributed by atoms with E-state index in [1.54, 1.807) is 6.07 Å². The van der Waals surface area contributed by atoms with E-state index < -0.39 is 0 Å². The molecule has 0 radical (unpaired) electrons. The number of aromatic nitrogens is 1. The van der Waals surface area contributed by atoms with Crippen LogP contribution < -0.4 is 4.74 Å². The average Bonchev–Trinajstić information content (AvgIpc) is 2.51. The van der Waals surface area contributed by atoms with E-state index in [0.717, 1.165) is 10.9 Å². The van der Waals surface area contributed by atoms with Crippen LogP contribution in [0.1, 0.15) is 13.8 Å². The van der Waals surface area contributed by atoms with Crippen molar-refractivity contribution < 1.29 is 9.84 Å². The molecule has 0 amide bonds. The molecular formula is C11H13NO2. The molecule has 0 spiro atoms. The maximum Gasteiger partial charge on any atom is 0.163 e. The van der Waals surface area contributed by atoms with Gasteiger partial charge < -0.3 is 14.8 Å². The summed E-state index contributed by atoms with van der Waals surface area (Å²) in [4.78, 5) is 3.07. The number of phenols is 1. The summed E-state index contributed by atoms with van der Waals surface area (Å²) in [6.07, 6.45) is 1.90. The van der Waals surface area contributed by atoms with Gasteiger partial charge >= 0.3 is 0 Å². The molecule has 0 aliphatic rings. The third-order valence-corrected chi connectivity index (χ3v) is 2.00. The summed E-state index contributed by atoms with van der Waals surface area (Å²) in [6, 6.07) is 5.42. The van der Waals surface area contributed by atoms with Crippen LogP contribution in [0.3, 0.4) is 0 Å². The quantitative estimate of drug-likeness (QED) is 0.766. The van der Waals surface area contributed by atoms with Crippen LogP contribution in [0, 0.1) is 0 Å². The molecular weight excluding hydrogens is 178 g/mol. The number of ether oxygens (including phenoxy) is 1. The lowest BCUT2D eigenvalue weighted by molar-refractivity contribution is 0.232. The van der Waals surface area contributed by atoms with Crippen molar-refractivity contribution in [1.82, 2.24) is 4.98 Å². The highest BCUT2D eigenvalue weighted by molar-refractivity contribution is 5.83. The zero-order valence-corrected chi connectivity index (χ0v) is 8.24. The molecule has 14 heavy (non-hydrogen) atoms. The van der Waals surface area contributed by atoms with Crippen LogP contribution in [0.5, 0.6) is 11.5 Å². The highest BCUT2D eigenvalue weighted by atomic mass is 16.5. The lowest BCUT2D eigenvalue weighted by Gasteiger charge is -2.11. The second-order valence-electron chi connectivity index (χ2n) is 3.55. The molecule has 3 nitrogen and oxygen atoms in total.